The van der Waals surface area contributed by atoms with Crippen molar-refractivity contribution in [1.82, 2.24) is 9.97 Å². The molecule has 4 N–H and O–H groups in total. The number of esters is 2. The minimum atomic E-state index is -0.801. The molecule has 0 atom stereocenters. The molecule has 0 spiro atoms. The summed E-state index contributed by atoms with van der Waals surface area (Å²) in [7, 11) is 0. The summed E-state index contributed by atoms with van der Waals surface area (Å²) < 4.78 is 12.2. The third kappa shape index (κ3) is 5.55. The van der Waals surface area contributed by atoms with Crippen molar-refractivity contribution in [3.05, 3.63) is 80.0 Å². The number of ether oxygens (including phenoxy) is 2. The average molecular weight is 536 g/mol. The molecule has 10 heteroatoms. The first-order chi connectivity index (χ1) is 14.3. The van der Waals surface area contributed by atoms with Crippen molar-refractivity contribution in [2.75, 3.05) is 11.5 Å². The number of benzene rings is 2. The molecule has 3 aromatic rings. The van der Waals surface area contributed by atoms with Gasteiger partial charge in [0.15, 0.2) is 23.0 Å². The second-order valence-corrected chi connectivity index (χ2v) is 7.93. The van der Waals surface area contributed by atoms with E-state index in [1.165, 1.54) is 0 Å². The number of carbonyl (C=O) groups is 2. The number of carbonyl (C=O) groups excluding carboxylic acids is 2. The number of aromatic nitrogens is 2. The summed E-state index contributed by atoms with van der Waals surface area (Å²) in [5.41, 5.74) is 12.6. The molecule has 2 aromatic carbocycles. The highest BCUT2D eigenvalue weighted by atomic mass is 79.9. The number of nitrogen functional groups attached to an aromatic ring is 2. The van der Waals surface area contributed by atoms with E-state index in [-0.39, 0.29) is 36.2 Å². The normalized spacial score (nSPS) is 10.5. The molecule has 0 aliphatic rings. The Morgan fingerprint density at radius 1 is 0.700 bits per heavy atom. The quantitative estimate of drug-likeness (QED) is 0.455. The van der Waals surface area contributed by atoms with Crippen LogP contribution in [0.15, 0.2) is 57.5 Å². The van der Waals surface area contributed by atoms with Crippen LogP contribution >= 0.6 is 31.9 Å². The molecule has 0 aliphatic carbocycles. The number of rotatable bonds is 6. The van der Waals surface area contributed by atoms with E-state index in [4.69, 9.17) is 20.9 Å². The number of nitrogens with zero attached hydrogens (tertiary/aromatic N) is 2. The number of halogens is 2. The number of hydrogen-bond donors (Lipinski definition) is 2. The maximum absolute atomic E-state index is 12.3. The lowest BCUT2D eigenvalue weighted by Crippen LogP contribution is -2.18. The summed E-state index contributed by atoms with van der Waals surface area (Å²) in [5, 5.41) is 0. The summed E-state index contributed by atoms with van der Waals surface area (Å²) in [6, 6.07) is 14.5. The van der Waals surface area contributed by atoms with E-state index in [2.05, 4.69) is 41.8 Å². The average Bonchev–Trinajstić information content (AvgIpc) is 2.73. The van der Waals surface area contributed by atoms with Gasteiger partial charge in [-0.25, -0.2) is 19.6 Å². The smallest absolute Gasteiger partial charge is 0.361 e. The maximum atomic E-state index is 12.3. The first-order valence-corrected chi connectivity index (χ1v) is 10.2. The summed E-state index contributed by atoms with van der Waals surface area (Å²) in [4.78, 5) is 32.4. The van der Waals surface area contributed by atoms with Crippen molar-refractivity contribution in [1.29, 1.82) is 0 Å². The third-order valence-electron chi connectivity index (χ3n) is 3.90. The zero-order chi connectivity index (χ0) is 21.7. The standard InChI is InChI=1S/C20H16Br2N4O4/c21-13-5-1-11(2-6-13)9-29-19(27)15-17(23)26-16(18(24)25-15)20(28)30-10-12-3-7-14(22)8-4-12/h1-8H,9-10H2,(H2,24,25)(H2,23,26). The van der Waals surface area contributed by atoms with Gasteiger partial charge in [-0.15, -0.1) is 0 Å². The largest absolute Gasteiger partial charge is 0.456 e. The van der Waals surface area contributed by atoms with Gasteiger partial charge in [0.25, 0.3) is 0 Å². The molecule has 0 amide bonds. The summed E-state index contributed by atoms with van der Waals surface area (Å²) >= 11 is 6.66. The monoisotopic (exact) mass is 534 g/mol. The molecule has 3 rings (SSSR count). The van der Waals surface area contributed by atoms with Crippen molar-refractivity contribution in [3.63, 3.8) is 0 Å². The molecule has 8 nitrogen and oxygen atoms in total. The summed E-state index contributed by atoms with van der Waals surface area (Å²) in [6.45, 7) is 0.0360. The van der Waals surface area contributed by atoms with Gasteiger partial charge in [-0.05, 0) is 35.4 Å². The summed E-state index contributed by atoms with van der Waals surface area (Å²) in [5.74, 6) is -2.16. The van der Waals surface area contributed by atoms with Gasteiger partial charge in [0.2, 0.25) is 0 Å². The van der Waals surface area contributed by atoms with E-state index in [1.807, 2.05) is 24.3 Å². The van der Waals surface area contributed by atoms with Crippen molar-refractivity contribution in [2.45, 2.75) is 13.2 Å². The Kier molecular flexibility index (Phi) is 7.01. The molecule has 0 saturated carbocycles. The second kappa shape index (κ2) is 9.68. The lowest BCUT2D eigenvalue weighted by molar-refractivity contribution is 0.0450. The number of anilines is 2. The fraction of sp³-hybridized carbons (Fsp3) is 0.100. The zero-order valence-corrected chi connectivity index (χ0v) is 18.6. The molecule has 1 aromatic heterocycles. The topological polar surface area (TPSA) is 130 Å². The van der Waals surface area contributed by atoms with Crippen LogP contribution in [0.2, 0.25) is 0 Å². The minimum Gasteiger partial charge on any atom is -0.456 e. The lowest BCUT2D eigenvalue weighted by atomic mass is 10.2. The van der Waals surface area contributed by atoms with Crippen molar-refractivity contribution >= 4 is 55.4 Å². The SMILES string of the molecule is Nc1nc(C(=O)OCc2ccc(Br)cc2)c(N)nc1C(=O)OCc1ccc(Br)cc1. The molecule has 0 saturated heterocycles. The van der Waals surface area contributed by atoms with Crippen LogP contribution in [-0.4, -0.2) is 21.9 Å². The van der Waals surface area contributed by atoms with E-state index in [0.29, 0.717) is 0 Å². The molecule has 0 bridgehead atoms. The van der Waals surface area contributed by atoms with Crippen LogP contribution < -0.4 is 11.5 Å². The Labute approximate surface area is 188 Å². The van der Waals surface area contributed by atoms with E-state index >= 15 is 0 Å². The maximum Gasteiger partial charge on any atom is 0.361 e. The van der Waals surface area contributed by atoms with Gasteiger partial charge in [0.05, 0.1) is 0 Å². The minimum absolute atomic E-state index is 0.0180. The summed E-state index contributed by atoms with van der Waals surface area (Å²) in [6.07, 6.45) is 0. The lowest BCUT2D eigenvalue weighted by Gasteiger charge is -2.10. The fourth-order valence-electron chi connectivity index (χ4n) is 2.36. The Bertz CT molecular complexity index is 986. The van der Waals surface area contributed by atoms with Crippen molar-refractivity contribution < 1.29 is 19.1 Å². The Morgan fingerprint density at radius 3 is 1.37 bits per heavy atom. The predicted molar refractivity (Wildman–Crippen MR) is 117 cm³/mol. The molecule has 1 heterocycles. The van der Waals surface area contributed by atoms with Crippen LogP contribution in [0.3, 0.4) is 0 Å². The fourth-order valence-corrected chi connectivity index (χ4v) is 2.89. The van der Waals surface area contributed by atoms with Crippen LogP contribution in [0.4, 0.5) is 11.6 Å². The highest BCUT2D eigenvalue weighted by Gasteiger charge is 2.22. The highest BCUT2D eigenvalue weighted by molar-refractivity contribution is 9.10. The first kappa shape index (κ1) is 21.7. The number of hydrogen-bond acceptors (Lipinski definition) is 8. The van der Waals surface area contributed by atoms with Crippen molar-refractivity contribution in [2.24, 2.45) is 0 Å². The van der Waals surface area contributed by atoms with E-state index in [1.54, 1.807) is 24.3 Å². The van der Waals surface area contributed by atoms with Gasteiger partial charge < -0.3 is 20.9 Å². The van der Waals surface area contributed by atoms with Gasteiger partial charge >= 0.3 is 11.9 Å². The highest BCUT2D eigenvalue weighted by Crippen LogP contribution is 2.18. The van der Waals surface area contributed by atoms with Crippen molar-refractivity contribution in [3.8, 4) is 0 Å². The van der Waals surface area contributed by atoms with Gasteiger partial charge in [-0.2, -0.15) is 0 Å². The van der Waals surface area contributed by atoms with Gasteiger partial charge in [-0.1, -0.05) is 56.1 Å². The van der Waals surface area contributed by atoms with E-state index < -0.39 is 11.9 Å². The second-order valence-electron chi connectivity index (χ2n) is 6.10. The Hall–Kier alpha value is -2.98. The van der Waals surface area contributed by atoms with E-state index in [0.717, 1.165) is 20.1 Å². The molecule has 30 heavy (non-hydrogen) atoms. The molecular formula is C20H16Br2N4O4. The van der Waals surface area contributed by atoms with E-state index in [9.17, 15) is 9.59 Å². The Balaban J connectivity index is 1.66. The predicted octanol–water partition coefficient (Wildman–Crippen LogP) is 3.88. The number of nitrogens with two attached hydrogens (primary N) is 2. The van der Waals surface area contributed by atoms with Gasteiger partial charge in [0, 0.05) is 8.95 Å². The van der Waals surface area contributed by atoms with Crippen LogP contribution in [0.5, 0.6) is 0 Å². The molecule has 0 aliphatic heterocycles. The zero-order valence-electron chi connectivity index (χ0n) is 15.5. The molecule has 0 radical (unpaired) electrons. The van der Waals surface area contributed by atoms with Gasteiger partial charge in [-0.3, -0.25) is 0 Å². The Morgan fingerprint density at radius 2 is 1.03 bits per heavy atom. The van der Waals surface area contributed by atoms with Crippen LogP contribution in [-0.2, 0) is 22.7 Å². The van der Waals surface area contributed by atoms with Crippen LogP contribution in [0, 0.1) is 0 Å². The van der Waals surface area contributed by atoms with Crippen LogP contribution in [0.25, 0.3) is 0 Å². The molecule has 154 valence electrons. The molecule has 0 fully saturated rings. The molecular weight excluding hydrogens is 520 g/mol. The van der Waals surface area contributed by atoms with Gasteiger partial charge in [0.1, 0.15) is 13.2 Å². The molecule has 0 unspecified atom stereocenters. The first-order valence-electron chi connectivity index (χ1n) is 8.59. The van der Waals surface area contributed by atoms with Crippen LogP contribution in [0.1, 0.15) is 32.1 Å². The third-order valence-corrected chi connectivity index (χ3v) is 4.96.